The van der Waals surface area contributed by atoms with Crippen LogP contribution in [0.25, 0.3) is 0 Å². The summed E-state index contributed by atoms with van der Waals surface area (Å²) in [5, 5.41) is 6.86. The smallest absolute Gasteiger partial charge is 0.257 e. The lowest BCUT2D eigenvalue weighted by molar-refractivity contribution is 0.577. The number of alkyl halides is 1. The minimum atomic E-state index is -3.51. The van der Waals surface area contributed by atoms with Gasteiger partial charge in [-0.25, -0.2) is 13.1 Å². The first-order valence-electron chi connectivity index (χ1n) is 5.24. The Morgan fingerprint density at radius 2 is 2.06 bits per heavy atom. The number of benzene rings is 1. The summed E-state index contributed by atoms with van der Waals surface area (Å²) in [6.07, 6.45) is 1.40. The maximum atomic E-state index is 11.8. The Morgan fingerprint density at radius 3 is 2.72 bits per heavy atom. The summed E-state index contributed by atoms with van der Waals surface area (Å²) in [4.78, 5) is 0. The molecular weight excluding hydrogens is 318 g/mol. The molecule has 5 nitrogen and oxygen atoms in total. The van der Waals surface area contributed by atoms with Crippen LogP contribution in [0.3, 0.4) is 0 Å². The molecule has 0 aliphatic carbocycles. The van der Waals surface area contributed by atoms with Gasteiger partial charge in [-0.2, -0.15) is 5.10 Å². The summed E-state index contributed by atoms with van der Waals surface area (Å²) >= 11 is 3.36. The summed E-state index contributed by atoms with van der Waals surface area (Å²) in [6, 6.07) is 9.11. The second-order valence-electron chi connectivity index (χ2n) is 3.70. The van der Waals surface area contributed by atoms with Gasteiger partial charge in [0.05, 0.1) is 6.20 Å². The van der Waals surface area contributed by atoms with Gasteiger partial charge in [-0.3, -0.25) is 5.10 Å². The van der Waals surface area contributed by atoms with Crippen LogP contribution in [0.1, 0.15) is 11.1 Å². The van der Waals surface area contributed by atoms with Crippen LogP contribution in [0.5, 0.6) is 0 Å². The van der Waals surface area contributed by atoms with Crippen molar-refractivity contribution in [2.24, 2.45) is 0 Å². The minimum Gasteiger partial charge on any atom is -0.266 e. The lowest BCUT2D eigenvalue weighted by Crippen LogP contribution is -2.23. The van der Waals surface area contributed by atoms with Gasteiger partial charge in [-0.05, 0) is 17.2 Å². The van der Waals surface area contributed by atoms with Crippen LogP contribution >= 0.6 is 15.9 Å². The molecule has 0 aliphatic heterocycles. The van der Waals surface area contributed by atoms with Crippen LogP contribution in [0.2, 0.25) is 0 Å². The molecule has 0 radical (unpaired) electrons. The zero-order valence-electron chi connectivity index (χ0n) is 9.43. The van der Waals surface area contributed by atoms with E-state index in [0.717, 1.165) is 16.5 Å². The molecule has 7 heteroatoms. The topological polar surface area (TPSA) is 74.8 Å². The number of aromatic amines is 1. The van der Waals surface area contributed by atoms with Crippen molar-refractivity contribution < 1.29 is 8.42 Å². The van der Waals surface area contributed by atoms with E-state index in [4.69, 9.17) is 0 Å². The molecule has 0 aliphatic rings. The van der Waals surface area contributed by atoms with Crippen LogP contribution in [0, 0.1) is 0 Å². The van der Waals surface area contributed by atoms with Gasteiger partial charge >= 0.3 is 0 Å². The lowest BCUT2D eigenvalue weighted by Gasteiger charge is -2.06. The van der Waals surface area contributed by atoms with Crippen molar-refractivity contribution in [1.82, 2.24) is 14.9 Å². The van der Waals surface area contributed by atoms with Crippen molar-refractivity contribution >= 4 is 26.0 Å². The number of nitrogens with zero attached hydrogens (tertiary/aromatic N) is 1. The van der Waals surface area contributed by atoms with Crippen molar-refractivity contribution in [3.63, 3.8) is 0 Å². The zero-order chi connectivity index (χ0) is 13.0. The third-order valence-corrected chi connectivity index (χ3v) is 4.35. The van der Waals surface area contributed by atoms with E-state index in [1.807, 2.05) is 24.3 Å². The second kappa shape index (κ2) is 5.64. The quantitative estimate of drug-likeness (QED) is 0.821. The molecule has 1 aromatic carbocycles. The number of rotatable bonds is 5. The Balaban J connectivity index is 2.07. The van der Waals surface area contributed by atoms with Crippen LogP contribution in [0.15, 0.2) is 41.6 Å². The predicted molar refractivity (Wildman–Crippen MR) is 71.7 cm³/mol. The van der Waals surface area contributed by atoms with E-state index in [-0.39, 0.29) is 11.6 Å². The molecule has 0 unspecified atom stereocenters. The Labute approximate surface area is 114 Å². The average Bonchev–Trinajstić information content (AvgIpc) is 2.91. The fourth-order valence-corrected chi connectivity index (χ4v) is 2.75. The number of hydrogen-bond acceptors (Lipinski definition) is 3. The number of nitrogens with one attached hydrogen (secondary N) is 2. The molecule has 1 heterocycles. The molecular formula is C11H12BrN3O2S. The molecule has 96 valence electrons. The summed E-state index contributed by atoms with van der Waals surface area (Å²) in [6.45, 7) is 0.252. The first-order valence-corrected chi connectivity index (χ1v) is 7.85. The highest BCUT2D eigenvalue weighted by Crippen LogP contribution is 2.10. The largest absolute Gasteiger partial charge is 0.266 e. The molecule has 0 bridgehead atoms. The highest BCUT2D eigenvalue weighted by atomic mass is 79.9. The Kier molecular flexibility index (Phi) is 4.15. The molecule has 2 rings (SSSR count). The van der Waals surface area contributed by atoms with E-state index in [2.05, 4.69) is 30.8 Å². The van der Waals surface area contributed by atoms with Crippen molar-refractivity contribution in [3.8, 4) is 0 Å². The van der Waals surface area contributed by atoms with E-state index in [1.54, 1.807) is 0 Å². The standard InChI is InChI=1S/C11H12BrN3O2S/c12-7-9-2-1-3-10(6-9)8-14-18(16,17)11-4-5-13-15-11/h1-6,14H,7-8H2,(H,13,15). The number of hydrogen-bond donors (Lipinski definition) is 2. The summed E-state index contributed by atoms with van der Waals surface area (Å²) in [5.41, 5.74) is 2.02. The van der Waals surface area contributed by atoms with E-state index >= 15 is 0 Å². The number of halogens is 1. The molecule has 18 heavy (non-hydrogen) atoms. The van der Waals surface area contributed by atoms with Crippen LogP contribution < -0.4 is 4.72 Å². The molecule has 2 aromatic rings. The predicted octanol–water partition coefficient (Wildman–Crippen LogP) is 1.78. The van der Waals surface area contributed by atoms with Crippen molar-refractivity contribution in [1.29, 1.82) is 0 Å². The van der Waals surface area contributed by atoms with Crippen molar-refractivity contribution in [3.05, 3.63) is 47.7 Å². The number of sulfonamides is 1. The van der Waals surface area contributed by atoms with E-state index in [0.29, 0.717) is 0 Å². The monoisotopic (exact) mass is 329 g/mol. The number of H-pyrrole nitrogens is 1. The molecule has 0 saturated carbocycles. The Hall–Kier alpha value is -1.18. The Bertz CT molecular complexity index is 611. The van der Waals surface area contributed by atoms with Crippen molar-refractivity contribution in [2.45, 2.75) is 16.9 Å². The van der Waals surface area contributed by atoms with E-state index in [1.165, 1.54) is 12.3 Å². The van der Waals surface area contributed by atoms with Gasteiger partial charge < -0.3 is 0 Å². The van der Waals surface area contributed by atoms with Gasteiger partial charge in [-0.15, -0.1) is 0 Å². The molecule has 0 spiro atoms. The van der Waals surface area contributed by atoms with Crippen molar-refractivity contribution in [2.75, 3.05) is 0 Å². The highest BCUT2D eigenvalue weighted by molar-refractivity contribution is 9.08. The van der Waals surface area contributed by atoms with Crippen LogP contribution in [-0.2, 0) is 21.9 Å². The van der Waals surface area contributed by atoms with E-state index < -0.39 is 10.0 Å². The van der Waals surface area contributed by atoms with Crippen LogP contribution in [-0.4, -0.2) is 18.6 Å². The van der Waals surface area contributed by atoms with Gasteiger partial charge in [0.15, 0.2) is 5.03 Å². The van der Waals surface area contributed by atoms with Gasteiger partial charge in [0.25, 0.3) is 10.0 Å². The first-order chi connectivity index (χ1) is 8.62. The SMILES string of the molecule is O=S(=O)(NCc1cccc(CBr)c1)c1ccn[nH]1. The summed E-state index contributed by atoms with van der Waals surface area (Å²) in [5.74, 6) is 0. The molecule has 2 N–H and O–H groups in total. The molecule has 0 fully saturated rings. The van der Waals surface area contributed by atoms with Gasteiger partial charge in [0.1, 0.15) is 0 Å². The van der Waals surface area contributed by atoms with E-state index in [9.17, 15) is 8.42 Å². The fraction of sp³-hybridized carbons (Fsp3) is 0.182. The van der Waals surface area contributed by atoms with Gasteiger partial charge in [-0.1, -0.05) is 40.2 Å². The molecule has 0 amide bonds. The number of aromatic nitrogens is 2. The Morgan fingerprint density at radius 1 is 1.28 bits per heavy atom. The average molecular weight is 330 g/mol. The molecule has 0 atom stereocenters. The third kappa shape index (κ3) is 3.18. The van der Waals surface area contributed by atoms with Gasteiger partial charge in [0, 0.05) is 11.9 Å². The first kappa shape index (κ1) is 13.3. The highest BCUT2D eigenvalue weighted by Gasteiger charge is 2.14. The maximum Gasteiger partial charge on any atom is 0.257 e. The third-order valence-electron chi connectivity index (χ3n) is 2.38. The fourth-order valence-electron chi connectivity index (χ4n) is 1.47. The normalized spacial score (nSPS) is 11.6. The van der Waals surface area contributed by atoms with Crippen LogP contribution in [0.4, 0.5) is 0 Å². The lowest BCUT2D eigenvalue weighted by atomic mass is 10.1. The second-order valence-corrected chi connectivity index (χ2v) is 6.00. The maximum absolute atomic E-state index is 11.8. The zero-order valence-corrected chi connectivity index (χ0v) is 11.8. The summed E-state index contributed by atoms with van der Waals surface area (Å²) in [7, 11) is -3.51. The summed E-state index contributed by atoms with van der Waals surface area (Å²) < 4.78 is 26.2. The molecule has 1 aromatic heterocycles. The van der Waals surface area contributed by atoms with Gasteiger partial charge in [0.2, 0.25) is 0 Å². The minimum absolute atomic E-state index is 0.0687. The molecule has 0 saturated heterocycles.